The molecule has 0 spiro atoms. The van der Waals surface area contributed by atoms with Crippen molar-refractivity contribution in [2.24, 2.45) is 0 Å². The third kappa shape index (κ3) is 188. The van der Waals surface area contributed by atoms with Crippen LogP contribution in [-0.2, 0) is 17.1 Å². The molecule has 0 aliphatic rings. The van der Waals surface area contributed by atoms with Gasteiger partial charge in [-0.2, -0.15) is 0 Å². The van der Waals surface area contributed by atoms with E-state index in [0.717, 1.165) is 0 Å². The minimum Gasteiger partial charge on any atom is -0.870 e. The molecule has 5 heteroatoms. The molecule has 5 heavy (non-hydrogen) atoms. The Morgan fingerprint density at radius 3 is 0.600 bits per heavy atom. The molecule has 0 aromatic heterocycles. The van der Waals surface area contributed by atoms with Crippen LogP contribution in [0.1, 0.15) is 0 Å². The molecule has 36 valence electrons. The van der Waals surface area contributed by atoms with Crippen molar-refractivity contribution < 1.29 is 39.0 Å². The van der Waals surface area contributed by atoms with Crippen molar-refractivity contribution in [2.75, 3.05) is 0 Å². The summed E-state index contributed by atoms with van der Waals surface area (Å²) < 4.78 is 0. The monoisotopic (exact) mass is 124 g/mol. The molecule has 5 N–H and O–H groups in total. The molecule has 0 aliphatic carbocycles. The predicted octanol–water partition coefficient (Wildman–Crippen LogP) is -1.36. The van der Waals surface area contributed by atoms with Gasteiger partial charge >= 0.3 is 17.1 Å². The van der Waals surface area contributed by atoms with Crippen LogP contribution in [0.25, 0.3) is 0 Å². The van der Waals surface area contributed by atoms with Crippen molar-refractivity contribution in [3.05, 3.63) is 0 Å². The van der Waals surface area contributed by atoms with Crippen molar-refractivity contribution in [3.8, 4) is 0 Å². The van der Waals surface area contributed by atoms with Gasteiger partial charge in [0.25, 0.3) is 0 Å². The zero-order chi connectivity index (χ0) is 0. The fraction of sp³-hybridized carbons (Fsp3) is 0. The zero-order valence-corrected chi connectivity index (χ0v) is 3.40. The Kier molecular flexibility index (Phi) is 60000. The van der Waals surface area contributed by atoms with Gasteiger partial charge in [0.1, 0.15) is 0 Å². The van der Waals surface area contributed by atoms with E-state index in [4.69, 9.17) is 0 Å². The van der Waals surface area contributed by atoms with E-state index in [1.165, 1.54) is 0 Å². The van der Waals surface area contributed by atoms with Crippen LogP contribution in [0, 0.1) is 0 Å². The Morgan fingerprint density at radius 1 is 0.600 bits per heavy atom. The van der Waals surface area contributed by atoms with E-state index < -0.39 is 0 Å². The van der Waals surface area contributed by atoms with Crippen molar-refractivity contribution in [3.63, 3.8) is 0 Å². The topological polar surface area (TPSA) is 122 Å². The smallest absolute Gasteiger partial charge is 0.870 e. The second kappa shape index (κ2) is 381. The Hall–Kier alpha value is 0.359. The number of rotatable bonds is 0. The molecule has 4 nitrogen and oxygen atoms in total. The summed E-state index contributed by atoms with van der Waals surface area (Å²) in [5.41, 5.74) is 0. The standard InChI is InChI=1S/Mn.4H2O/h;4*1H2/q+3;;;;/p-3. The molecule has 0 unspecified atom stereocenters. The van der Waals surface area contributed by atoms with Gasteiger partial charge < -0.3 is 21.9 Å². The Bertz CT molecular complexity index is 3.61. The van der Waals surface area contributed by atoms with E-state index in [1.54, 1.807) is 0 Å². The van der Waals surface area contributed by atoms with Crippen molar-refractivity contribution >= 4 is 0 Å². The SMILES string of the molecule is O.[Mn+3].[OH-].[OH-].[OH-]. The maximum atomic E-state index is 0. The van der Waals surface area contributed by atoms with Crippen LogP contribution < -0.4 is 0 Å². The van der Waals surface area contributed by atoms with Crippen molar-refractivity contribution in [2.45, 2.75) is 0 Å². The third-order valence-corrected chi connectivity index (χ3v) is 0. The summed E-state index contributed by atoms with van der Waals surface area (Å²) in [5, 5.41) is 0. The van der Waals surface area contributed by atoms with E-state index in [0.29, 0.717) is 0 Å². The minimum atomic E-state index is 0. The Morgan fingerprint density at radius 2 is 0.600 bits per heavy atom. The molecule has 0 heterocycles. The normalized spacial score (nSPS) is 0. The van der Waals surface area contributed by atoms with Gasteiger partial charge in [0, 0.05) is 0 Å². The molecule has 0 saturated heterocycles. The fourth-order valence-electron chi connectivity index (χ4n) is 0. The first-order valence-corrected chi connectivity index (χ1v) is 0. The Balaban J connectivity index is 0. The van der Waals surface area contributed by atoms with Gasteiger partial charge in [0.05, 0.1) is 0 Å². The van der Waals surface area contributed by atoms with Gasteiger partial charge in [-0.25, -0.2) is 0 Å². The van der Waals surface area contributed by atoms with Gasteiger partial charge in [-0.1, -0.05) is 0 Å². The predicted molar refractivity (Wildman–Crippen MR) is 9.42 cm³/mol. The molecule has 0 atom stereocenters. The minimum absolute atomic E-state index is 0. The van der Waals surface area contributed by atoms with E-state index in [-0.39, 0.29) is 39.0 Å². The van der Waals surface area contributed by atoms with E-state index in [2.05, 4.69) is 0 Å². The maximum absolute atomic E-state index is 0. The van der Waals surface area contributed by atoms with Gasteiger partial charge in [-0.3, -0.25) is 0 Å². The molecule has 0 fully saturated rings. The molecule has 0 aliphatic heterocycles. The summed E-state index contributed by atoms with van der Waals surface area (Å²) in [6, 6.07) is 0. The van der Waals surface area contributed by atoms with Gasteiger partial charge in [-0.15, -0.1) is 0 Å². The molecule has 0 aromatic carbocycles. The first-order valence-electron chi connectivity index (χ1n) is 0. The molecule has 0 rings (SSSR count). The summed E-state index contributed by atoms with van der Waals surface area (Å²) in [6.45, 7) is 0. The first kappa shape index (κ1) is 788. The molecule has 0 saturated carbocycles. The van der Waals surface area contributed by atoms with E-state index >= 15 is 0 Å². The molecule has 0 aromatic rings. The fourth-order valence-corrected chi connectivity index (χ4v) is 0. The van der Waals surface area contributed by atoms with Crippen LogP contribution in [0.4, 0.5) is 0 Å². The zero-order valence-electron chi connectivity index (χ0n) is 2.22. The summed E-state index contributed by atoms with van der Waals surface area (Å²) in [7, 11) is 0. The van der Waals surface area contributed by atoms with Crippen LogP contribution >= 0.6 is 0 Å². The van der Waals surface area contributed by atoms with Crippen LogP contribution in [0.5, 0.6) is 0 Å². The molecular weight excluding hydrogens is 119 g/mol. The molecular formula is H5MnO4. The summed E-state index contributed by atoms with van der Waals surface area (Å²) in [4.78, 5) is 0. The Labute approximate surface area is 39.9 Å². The van der Waals surface area contributed by atoms with E-state index in [9.17, 15) is 0 Å². The van der Waals surface area contributed by atoms with Gasteiger partial charge in [-0.05, 0) is 0 Å². The third-order valence-electron chi connectivity index (χ3n) is 0. The van der Waals surface area contributed by atoms with Crippen molar-refractivity contribution in [1.82, 2.24) is 0 Å². The summed E-state index contributed by atoms with van der Waals surface area (Å²) in [6.07, 6.45) is 0. The van der Waals surface area contributed by atoms with E-state index in [1.807, 2.05) is 0 Å². The number of hydrogen-bond donors (Lipinski definition) is 0. The molecule has 0 radical (unpaired) electrons. The largest absolute Gasteiger partial charge is 3.00 e. The average molecular weight is 124 g/mol. The summed E-state index contributed by atoms with van der Waals surface area (Å²) >= 11 is 0. The van der Waals surface area contributed by atoms with Crippen LogP contribution in [0.15, 0.2) is 0 Å². The van der Waals surface area contributed by atoms with Crippen molar-refractivity contribution in [1.29, 1.82) is 0 Å². The second-order valence-corrected chi connectivity index (χ2v) is 0. The van der Waals surface area contributed by atoms with Crippen LogP contribution in [0.2, 0.25) is 0 Å². The first-order chi connectivity index (χ1) is 0. The van der Waals surface area contributed by atoms with Gasteiger partial charge in [0.2, 0.25) is 0 Å². The maximum Gasteiger partial charge on any atom is 3.00 e. The van der Waals surface area contributed by atoms with Crippen LogP contribution in [0.3, 0.4) is 0 Å². The average Bonchev–Trinajstić information content (AvgIpc) is 0. The molecule has 0 amide bonds. The van der Waals surface area contributed by atoms with Gasteiger partial charge in [0.15, 0.2) is 0 Å². The quantitative estimate of drug-likeness (QED) is 0.370. The molecule has 0 bridgehead atoms. The second-order valence-electron chi connectivity index (χ2n) is 0. The number of hydrogen-bond acceptors (Lipinski definition) is 3. The van der Waals surface area contributed by atoms with Crippen LogP contribution in [-0.4, -0.2) is 21.9 Å². The summed E-state index contributed by atoms with van der Waals surface area (Å²) in [5.74, 6) is 0.